The van der Waals surface area contributed by atoms with E-state index in [4.69, 9.17) is 11.6 Å². The first-order valence-electron chi connectivity index (χ1n) is 8.76. The second-order valence-corrected chi connectivity index (χ2v) is 7.04. The molecule has 2 aliphatic heterocycles. The summed E-state index contributed by atoms with van der Waals surface area (Å²) in [5.41, 5.74) is 1.34. The van der Waals surface area contributed by atoms with Gasteiger partial charge in [0, 0.05) is 56.5 Å². The van der Waals surface area contributed by atoms with Crippen molar-refractivity contribution in [2.24, 2.45) is 0 Å². The lowest BCUT2D eigenvalue weighted by Crippen LogP contribution is -2.49. The lowest BCUT2D eigenvalue weighted by atomic mass is 10.2. The topological polar surface area (TPSA) is 53.4 Å². The Labute approximate surface area is 152 Å². The summed E-state index contributed by atoms with van der Waals surface area (Å²) in [5, 5.41) is 8.47. The number of nitrogens with zero attached hydrogens (tertiary/aromatic N) is 4. The summed E-state index contributed by atoms with van der Waals surface area (Å²) in [4.78, 5) is 17.2. The van der Waals surface area contributed by atoms with Crippen LogP contribution < -0.4 is 5.32 Å². The second kappa shape index (κ2) is 7.15. The monoisotopic (exact) mass is 359 g/mol. The van der Waals surface area contributed by atoms with Crippen LogP contribution in [0.2, 0.25) is 5.02 Å². The number of nitrogens with one attached hydrogen (secondary N) is 1. The Bertz CT molecular complexity index is 755. The summed E-state index contributed by atoms with van der Waals surface area (Å²) < 4.78 is 1.70. The first kappa shape index (κ1) is 16.6. The second-order valence-electron chi connectivity index (χ2n) is 6.61. The number of carbonyl (C=O) groups is 1. The van der Waals surface area contributed by atoms with Crippen molar-refractivity contribution in [2.45, 2.75) is 12.5 Å². The molecule has 2 saturated heterocycles. The van der Waals surface area contributed by atoms with E-state index in [1.54, 1.807) is 10.7 Å². The van der Waals surface area contributed by atoms with E-state index in [9.17, 15) is 4.79 Å². The van der Waals surface area contributed by atoms with Crippen molar-refractivity contribution in [2.75, 3.05) is 39.3 Å². The Morgan fingerprint density at radius 3 is 2.84 bits per heavy atom. The number of halogens is 1. The van der Waals surface area contributed by atoms with Crippen molar-refractivity contribution in [3.8, 4) is 5.69 Å². The van der Waals surface area contributed by atoms with Crippen LogP contribution >= 0.6 is 11.6 Å². The molecule has 2 aromatic rings. The molecule has 0 saturated carbocycles. The number of benzene rings is 1. The SMILES string of the molecule is O=C(c1ccn(-c2cccc(Cl)c2)n1)N1CCC(N2CCNCC2)C1. The van der Waals surface area contributed by atoms with Gasteiger partial charge in [0.05, 0.1) is 5.69 Å². The predicted octanol–water partition coefficient (Wildman–Crippen LogP) is 1.65. The maximum Gasteiger partial charge on any atom is 0.274 e. The van der Waals surface area contributed by atoms with Crippen molar-refractivity contribution < 1.29 is 4.79 Å². The van der Waals surface area contributed by atoms with Gasteiger partial charge in [-0.2, -0.15) is 5.10 Å². The van der Waals surface area contributed by atoms with Crippen LogP contribution in [-0.2, 0) is 0 Å². The molecular weight excluding hydrogens is 338 g/mol. The van der Waals surface area contributed by atoms with E-state index < -0.39 is 0 Å². The van der Waals surface area contributed by atoms with Gasteiger partial charge in [-0.05, 0) is 30.7 Å². The molecule has 0 bridgehead atoms. The summed E-state index contributed by atoms with van der Waals surface area (Å²) in [5.74, 6) is 0.0124. The lowest BCUT2D eigenvalue weighted by Gasteiger charge is -2.32. The van der Waals surface area contributed by atoms with E-state index in [0.717, 1.165) is 51.4 Å². The highest BCUT2D eigenvalue weighted by molar-refractivity contribution is 6.30. The summed E-state index contributed by atoms with van der Waals surface area (Å²) >= 11 is 6.03. The van der Waals surface area contributed by atoms with E-state index in [-0.39, 0.29) is 5.91 Å². The fourth-order valence-corrected chi connectivity index (χ4v) is 3.82. The molecule has 1 unspecified atom stereocenters. The molecule has 25 heavy (non-hydrogen) atoms. The third-order valence-corrected chi connectivity index (χ3v) is 5.23. The van der Waals surface area contributed by atoms with E-state index >= 15 is 0 Å². The van der Waals surface area contributed by atoms with Crippen LogP contribution in [0.3, 0.4) is 0 Å². The van der Waals surface area contributed by atoms with E-state index in [2.05, 4.69) is 15.3 Å². The van der Waals surface area contributed by atoms with Crippen molar-refractivity contribution >= 4 is 17.5 Å². The van der Waals surface area contributed by atoms with Crippen LogP contribution in [-0.4, -0.2) is 70.8 Å². The zero-order chi connectivity index (χ0) is 17.2. The lowest BCUT2D eigenvalue weighted by molar-refractivity contribution is 0.0767. The molecule has 2 aliphatic rings. The number of hydrogen-bond donors (Lipinski definition) is 1. The Kier molecular flexibility index (Phi) is 4.74. The van der Waals surface area contributed by atoms with Crippen LogP contribution in [0.4, 0.5) is 0 Å². The standard InChI is InChI=1S/C18H22ClN5O/c19-14-2-1-3-15(12-14)24-9-5-17(21-24)18(25)23-8-4-16(13-23)22-10-6-20-7-11-22/h1-3,5,9,12,16,20H,4,6-8,10-11,13H2. The van der Waals surface area contributed by atoms with Crippen LogP contribution in [0.5, 0.6) is 0 Å². The number of aromatic nitrogens is 2. The fourth-order valence-electron chi connectivity index (χ4n) is 3.63. The number of rotatable bonds is 3. The summed E-state index contributed by atoms with van der Waals surface area (Å²) in [6.07, 6.45) is 2.85. The molecule has 7 heteroatoms. The van der Waals surface area contributed by atoms with Gasteiger partial charge in [-0.1, -0.05) is 17.7 Å². The van der Waals surface area contributed by atoms with Crippen molar-refractivity contribution in [3.05, 3.63) is 47.2 Å². The van der Waals surface area contributed by atoms with E-state index in [1.807, 2.05) is 35.4 Å². The first-order chi connectivity index (χ1) is 12.2. The van der Waals surface area contributed by atoms with Crippen molar-refractivity contribution in [1.82, 2.24) is 24.9 Å². The minimum Gasteiger partial charge on any atom is -0.336 e. The molecular formula is C18H22ClN5O. The maximum absolute atomic E-state index is 12.8. The minimum atomic E-state index is 0.0124. The van der Waals surface area contributed by atoms with Crippen LogP contribution in [0.25, 0.3) is 5.69 Å². The molecule has 1 amide bonds. The molecule has 6 nitrogen and oxygen atoms in total. The van der Waals surface area contributed by atoms with Crippen LogP contribution in [0.1, 0.15) is 16.9 Å². The number of carbonyl (C=O) groups excluding carboxylic acids is 1. The van der Waals surface area contributed by atoms with Gasteiger partial charge < -0.3 is 10.2 Å². The van der Waals surface area contributed by atoms with Gasteiger partial charge in [0.25, 0.3) is 5.91 Å². The van der Waals surface area contributed by atoms with E-state index in [1.165, 1.54) is 0 Å². The first-order valence-corrected chi connectivity index (χ1v) is 9.14. The van der Waals surface area contributed by atoms with Crippen LogP contribution in [0, 0.1) is 0 Å². The number of amides is 1. The number of likely N-dealkylation sites (tertiary alicyclic amines) is 1. The molecule has 1 N–H and O–H groups in total. The van der Waals surface area contributed by atoms with Crippen LogP contribution in [0.15, 0.2) is 36.5 Å². The third kappa shape index (κ3) is 3.56. The molecule has 1 atom stereocenters. The van der Waals surface area contributed by atoms with Gasteiger partial charge >= 0.3 is 0 Å². The highest BCUT2D eigenvalue weighted by Crippen LogP contribution is 2.19. The maximum atomic E-state index is 12.8. The smallest absolute Gasteiger partial charge is 0.274 e. The largest absolute Gasteiger partial charge is 0.336 e. The highest BCUT2D eigenvalue weighted by Gasteiger charge is 2.32. The van der Waals surface area contributed by atoms with Crippen molar-refractivity contribution in [3.63, 3.8) is 0 Å². The molecule has 0 aliphatic carbocycles. The molecule has 1 aromatic heterocycles. The Balaban J connectivity index is 1.43. The average molecular weight is 360 g/mol. The van der Waals surface area contributed by atoms with Gasteiger partial charge in [0.2, 0.25) is 0 Å². The predicted molar refractivity (Wildman–Crippen MR) is 97.3 cm³/mol. The molecule has 132 valence electrons. The Morgan fingerprint density at radius 1 is 1.20 bits per heavy atom. The summed E-state index contributed by atoms with van der Waals surface area (Å²) in [6.45, 7) is 5.80. The molecule has 3 heterocycles. The molecule has 2 fully saturated rings. The molecule has 0 radical (unpaired) electrons. The van der Waals surface area contributed by atoms with Gasteiger partial charge in [-0.3, -0.25) is 9.69 Å². The van der Waals surface area contributed by atoms with Gasteiger partial charge in [-0.15, -0.1) is 0 Å². The quantitative estimate of drug-likeness (QED) is 0.905. The summed E-state index contributed by atoms with van der Waals surface area (Å²) in [6, 6.07) is 9.70. The normalized spacial score (nSPS) is 21.6. The highest BCUT2D eigenvalue weighted by atomic mass is 35.5. The Hall–Kier alpha value is -1.89. The average Bonchev–Trinajstić information content (AvgIpc) is 3.32. The van der Waals surface area contributed by atoms with Gasteiger partial charge in [-0.25, -0.2) is 4.68 Å². The third-order valence-electron chi connectivity index (χ3n) is 5.00. The van der Waals surface area contributed by atoms with Gasteiger partial charge in [0.15, 0.2) is 5.69 Å². The Morgan fingerprint density at radius 2 is 2.04 bits per heavy atom. The van der Waals surface area contributed by atoms with E-state index in [0.29, 0.717) is 16.8 Å². The van der Waals surface area contributed by atoms with Crippen molar-refractivity contribution in [1.29, 1.82) is 0 Å². The number of piperazine rings is 1. The summed E-state index contributed by atoms with van der Waals surface area (Å²) in [7, 11) is 0. The zero-order valence-corrected chi connectivity index (χ0v) is 14.8. The minimum absolute atomic E-state index is 0.0124. The molecule has 0 spiro atoms. The fraction of sp³-hybridized carbons (Fsp3) is 0.444. The zero-order valence-electron chi connectivity index (χ0n) is 14.1. The molecule has 4 rings (SSSR count). The van der Waals surface area contributed by atoms with Gasteiger partial charge in [0.1, 0.15) is 0 Å². The molecule has 1 aromatic carbocycles. The number of hydrogen-bond acceptors (Lipinski definition) is 4.